The van der Waals surface area contributed by atoms with Crippen molar-refractivity contribution in [1.29, 1.82) is 0 Å². The summed E-state index contributed by atoms with van der Waals surface area (Å²) in [4.78, 5) is 49.4. The zero-order chi connectivity index (χ0) is 25.3. The Hall–Kier alpha value is -3.73. The van der Waals surface area contributed by atoms with E-state index in [9.17, 15) is 9.59 Å². The van der Waals surface area contributed by atoms with Gasteiger partial charge in [0.25, 0.3) is 12.9 Å². The largest absolute Gasteiger partial charge is 0.483 e. The van der Waals surface area contributed by atoms with E-state index in [-0.39, 0.29) is 24.8 Å². The Labute approximate surface area is 199 Å². The molecular weight excluding hydrogens is 442 g/mol. The predicted octanol–water partition coefficient (Wildman–Crippen LogP) is 1.08. The predicted molar refractivity (Wildman–Crippen MR) is 126 cm³/mol. The number of carbonyl (C=O) groups is 4. The minimum atomic E-state index is -0.250. The molecule has 2 amide bonds. The quantitative estimate of drug-likeness (QED) is 0.505. The maximum Gasteiger partial charge on any atom is 0.290 e. The molecule has 1 aromatic carbocycles. The molecule has 0 atom stereocenters. The van der Waals surface area contributed by atoms with Gasteiger partial charge in [0.2, 0.25) is 11.8 Å². The maximum atomic E-state index is 12.5. The monoisotopic (exact) mass is 475 g/mol. The Morgan fingerprint density at radius 1 is 1.12 bits per heavy atom. The number of likely N-dealkylation sites (tertiary alicyclic amines) is 1. The van der Waals surface area contributed by atoms with Gasteiger partial charge in [0, 0.05) is 31.7 Å². The molecule has 3 N–H and O–H groups in total. The maximum absolute atomic E-state index is 12.5. The number of nitrogens with one attached hydrogen (secondary N) is 1. The number of aryl methyl sites for hydroxylation is 1. The minimum Gasteiger partial charge on any atom is -0.483 e. The van der Waals surface area contributed by atoms with E-state index in [4.69, 9.17) is 19.8 Å². The van der Waals surface area contributed by atoms with E-state index >= 15 is 0 Å². The molecule has 1 aliphatic heterocycles. The van der Waals surface area contributed by atoms with Crippen molar-refractivity contribution in [2.24, 2.45) is 5.92 Å². The van der Waals surface area contributed by atoms with Crippen molar-refractivity contribution >= 4 is 30.4 Å². The number of carboxylic acid groups (broad SMARTS) is 2. The second kappa shape index (κ2) is 16.0. The molecular formula is C23H33N5O6. The molecule has 0 saturated carbocycles. The molecule has 0 spiro atoms. The molecule has 1 aromatic heterocycles. The van der Waals surface area contributed by atoms with Gasteiger partial charge in [-0.2, -0.15) is 0 Å². The average molecular weight is 476 g/mol. The summed E-state index contributed by atoms with van der Waals surface area (Å²) in [5, 5.41) is 16.8. The lowest BCUT2D eigenvalue weighted by Gasteiger charge is -2.32. The molecule has 1 aliphatic rings. The Morgan fingerprint density at radius 3 is 2.24 bits per heavy atom. The molecule has 186 valence electrons. The van der Waals surface area contributed by atoms with E-state index in [0.717, 1.165) is 37.4 Å². The third kappa shape index (κ3) is 10.3. The fraction of sp³-hybridized carbons (Fsp3) is 0.435. The van der Waals surface area contributed by atoms with Crippen molar-refractivity contribution in [3.8, 4) is 0 Å². The minimum absolute atomic E-state index is 0.0168. The van der Waals surface area contributed by atoms with Crippen LogP contribution in [-0.2, 0) is 25.7 Å². The molecule has 0 bridgehead atoms. The number of nitrogens with zero attached hydrogens (tertiary/aromatic N) is 4. The standard InChI is InChI=1S/C21H29N5O2.2CH2O2/c1-17-22-10-13-26(17)15-20(27)23-14-18-8-11-25(12-9-18)16-21(28)24(2)19-6-4-3-5-7-19;2*2-1-3/h3-7,10,13,18H,8-9,11-12,14-16H2,1-2H3,(H,23,27);2*1H,(H,2,3). The number of likely N-dealkylation sites (N-methyl/N-ethyl adjacent to an activating group) is 1. The van der Waals surface area contributed by atoms with Crippen LogP contribution in [0.4, 0.5) is 5.69 Å². The summed E-state index contributed by atoms with van der Waals surface area (Å²) in [6, 6.07) is 9.71. The van der Waals surface area contributed by atoms with Crippen LogP contribution in [0.2, 0.25) is 0 Å². The first-order chi connectivity index (χ1) is 16.4. The highest BCUT2D eigenvalue weighted by molar-refractivity contribution is 5.94. The Bertz CT molecular complexity index is 875. The zero-order valence-electron chi connectivity index (χ0n) is 19.5. The van der Waals surface area contributed by atoms with Gasteiger partial charge in [0.05, 0.1) is 6.54 Å². The van der Waals surface area contributed by atoms with Gasteiger partial charge < -0.3 is 25.0 Å². The Morgan fingerprint density at radius 2 is 1.71 bits per heavy atom. The molecule has 11 nitrogen and oxygen atoms in total. The van der Waals surface area contributed by atoms with Gasteiger partial charge >= 0.3 is 0 Å². The number of anilines is 1. The molecule has 0 unspecified atom stereocenters. The number of amides is 2. The van der Waals surface area contributed by atoms with E-state index in [1.54, 1.807) is 11.1 Å². The summed E-state index contributed by atoms with van der Waals surface area (Å²) in [5.74, 6) is 1.43. The van der Waals surface area contributed by atoms with Gasteiger partial charge in [0.15, 0.2) is 0 Å². The highest BCUT2D eigenvalue weighted by atomic mass is 16.3. The van der Waals surface area contributed by atoms with Crippen LogP contribution in [-0.4, -0.2) is 82.6 Å². The van der Waals surface area contributed by atoms with E-state index < -0.39 is 0 Å². The fourth-order valence-corrected chi connectivity index (χ4v) is 3.48. The number of hydrogen-bond acceptors (Lipinski definition) is 6. The summed E-state index contributed by atoms with van der Waals surface area (Å²) < 4.78 is 1.84. The van der Waals surface area contributed by atoms with Crippen LogP contribution in [0.15, 0.2) is 42.7 Å². The summed E-state index contributed by atoms with van der Waals surface area (Å²) in [7, 11) is 1.82. The Balaban J connectivity index is 0.000000872. The van der Waals surface area contributed by atoms with Crippen LogP contribution in [0.3, 0.4) is 0 Å². The zero-order valence-corrected chi connectivity index (χ0v) is 19.5. The molecule has 1 fully saturated rings. The van der Waals surface area contributed by atoms with Gasteiger partial charge in [-0.1, -0.05) is 18.2 Å². The number of benzene rings is 1. The highest BCUT2D eigenvalue weighted by Gasteiger charge is 2.22. The highest BCUT2D eigenvalue weighted by Crippen LogP contribution is 2.17. The lowest BCUT2D eigenvalue weighted by molar-refractivity contribution is -0.123. The Kier molecular flexibility index (Phi) is 13.3. The number of para-hydroxylation sites is 1. The topological polar surface area (TPSA) is 145 Å². The van der Waals surface area contributed by atoms with Gasteiger partial charge in [-0.25, -0.2) is 4.98 Å². The SMILES string of the molecule is Cc1nccn1CC(=O)NCC1CCN(CC(=O)N(C)c2ccccc2)CC1.O=CO.O=CO. The molecule has 3 rings (SSSR count). The molecule has 1 saturated heterocycles. The fourth-order valence-electron chi connectivity index (χ4n) is 3.48. The number of imidazole rings is 1. The second-order valence-corrected chi connectivity index (χ2v) is 7.63. The van der Waals surface area contributed by atoms with E-state index in [0.29, 0.717) is 25.6 Å². The number of carbonyl (C=O) groups excluding carboxylic acids is 2. The third-order valence-corrected chi connectivity index (χ3v) is 5.41. The molecule has 34 heavy (non-hydrogen) atoms. The lowest BCUT2D eigenvalue weighted by atomic mass is 9.97. The second-order valence-electron chi connectivity index (χ2n) is 7.63. The number of aromatic nitrogens is 2. The summed E-state index contributed by atoms with van der Waals surface area (Å²) in [5.41, 5.74) is 0.915. The van der Waals surface area contributed by atoms with Crippen molar-refractivity contribution < 1.29 is 29.4 Å². The van der Waals surface area contributed by atoms with Gasteiger partial charge in [-0.3, -0.25) is 24.1 Å². The van der Waals surface area contributed by atoms with Crippen molar-refractivity contribution in [2.45, 2.75) is 26.3 Å². The van der Waals surface area contributed by atoms with Crippen LogP contribution >= 0.6 is 0 Å². The van der Waals surface area contributed by atoms with Gasteiger partial charge in [-0.15, -0.1) is 0 Å². The number of rotatable bonds is 7. The number of piperidine rings is 1. The van der Waals surface area contributed by atoms with Crippen LogP contribution in [0.25, 0.3) is 0 Å². The van der Waals surface area contributed by atoms with Crippen molar-refractivity contribution in [3.63, 3.8) is 0 Å². The molecule has 0 aliphatic carbocycles. The van der Waals surface area contributed by atoms with Crippen molar-refractivity contribution in [3.05, 3.63) is 48.5 Å². The lowest BCUT2D eigenvalue weighted by Crippen LogP contribution is -2.44. The van der Waals surface area contributed by atoms with Crippen LogP contribution in [0, 0.1) is 12.8 Å². The normalized spacial score (nSPS) is 13.4. The van der Waals surface area contributed by atoms with E-state index in [2.05, 4.69) is 15.2 Å². The van der Waals surface area contributed by atoms with E-state index in [1.807, 2.05) is 55.1 Å². The molecule has 2 aromatic rings. The van der Waals surface area contributed by atoms with Crippen molar-refractivity contribution in [2.75, 3.05) is 38.1 Å². The first-order valence-electron chi connectivity index (χ1n) is 10.8. The van der Waals surface area contributed by atoms with E-state index in [1.165, 1.54) is 0 Å². The molecule has 11 heteroatoms. The average Bonchev–Trinajstić information content (AvgIpc) is 3.24. The third-order valence-electron chi connectivity index (χ3n) is 5.41. The number of hydrogen-bond donors (Lipinski definition) is 3. The first kappa shape index (κ1) is 28.3. The van der Waals surface area contributed by atoms with Gasteiger partial charge in [-0.05, 0) is 50.9 Å². The summed E-state index contributed by atoms with van der Waals surface area (Å²) in [6.45, 7) is 4.60. The molecule has 0 radical (unpaired) electrons. The summed E-state index contributed by atoms with van der Waals surface area (Å²) >= 11 is 0. The smallest absolute Gasteiger partial charge is 0.290 e. The van der Waals surface area contributed by atoms with Gasteiger partial charge in [0.1, 0.15) is 12.4 Å². The van der Waals surface area contributed by atoms with Crippen LogP contribution in [0.5, 0.6) is 0 Å². The van der Waals surface area contributed by atoms with Crippen LogP contribution < -0.4 is 10.2 Å². The van der Waals surface area contributed by atoms with Crippen LogP contribution in [0.1, 0.15) is 18.7 Å². The summed E-state index contributed by atoms with van der Waals surface area (Å²) in [6.07, 6.45) is 5.51. The molecule has 2 heterocycles. The van der Waals surface area contributed by atoms with Crippen molar-refractivity contribution in [1.82, 2.24) is 19.8 Å². The first-order valence-corrected chi connectivity index (χ1v) is 10.8.